The van der Waals surface area contributed by atoms with E-state index in [-0.39, 0.29) is 11.5 Å². The molecule has 0 heterocycles. The number of anilines is 1. The first kappa shape index (κ1) is 11.5. The van der Waals surface area contributed by atoms with Gasteiger partial charge in [-0.25, -0.2) is 4.79 Å². The fraction of sp³-hybridized carbons (Fsp3) is 0.200. The zero-order valence-electron chi connectivity index (χ0n) is 8.03. The van der Waals surface area contributed by atoms with Crippen molar-refractivity contribution in [3.05, 3.63) is 29.8 Å². The minimum atomic E-state index is -1.04. The van der Waals surface area contributed by atoms with Crippen molar-refractivity contribution in [3.8, 4) is 0 Å². The van der Waals surface area contributed by atoms with Gasteiger partial charge in [-0.3, -0.25) is 4.79 Å². The van der Waals surface area contributed by atoms with Crippen molar-refractivity contribution >= 4 is 29.2 Å². The highest BCUT2D eigenvalue weighted by Crippen LogP contribution is 2.11. The molecule has 0 aromatic heterocycles. The van der Waals surface area contributed by atoms with Gasteiger partial charge in [0, 0.05) is 5.69 Å². The van der Waals surface area contributed by atoms with Crippen LogP contribution in [0.3, 0.4) is 0 Å². The molecule has 2 N–H and O–H groups in total. The van der Waals surface area contributed by atoms with Crippen LogP contribution in [0.4, 0.5) is 5.69 Å². The number of hydrogen-bond donors (Lipinski definition) is 2. The monoisotopic (exact) mass is 227 g/mol. The second kappa shape index (κ2) is 4.79. The van der Waals surface area contributed by atoms with Gasteiger partial charge in [-0.05, 0) is 25.1 Å². The van der Waals surface area contributed by atoms with Crippen molar-refractivity contribution in [1.82, 2.24) is 0 Å². The van der Waals surface area contributed by atoms with E-state index in [0.29, 0.717) is 5.69 Å². The SMILES string of the molecule is C[C@H](Cl)C(=O)Nc1cccc(C(=O)O)c1. The van der Waals surface area contributed by atoms with E-state index >= 15 is 0 Å². The van der Waals surface area contributed by atoms with E-state index in [2.05, 4.69) is 5.32 Å². The van der Waals surface area contributed by atoms with Crippen LogP contribution in [0.5, 0.6) is 0 Å². The van der Waals surface area contributed by atoms with Crippen LogP contribution in [-0.4, -0.2) is 22.4 Å². The average molecular weight is 228 g/mol. The lowest BCUT2D eigenvalue weighted by Gasteiger charge is -2.06. The third-order valence-corrected chi connectivity index (χ3v) is 1.94. The molecule has 0 bridgehead atoms. The third-order valence-electron chi connectivity index (χ3n) is 1.74. The summed E-state index contributed by atoms with van der Waals surface area (Å²) in [5.74, 6) is -1.40. The van der Waals surface area contributed by atoms with Gasteiger partial charge in [-0.2, -0.15) is 0 Å². The molecule has 0 unspecified atom stereocenters. The number of hydrogen-bond acceptors (Lipinski definition) is 2. The Labute approximate surface area is 91.9 Å². The van der Waals surface area contributed by atoms with Gasteiger partial charge in [0.15, 0.2) is 0 Å². The molecular weight excluding hydrogens is 218 g/mol. The minimum absolute atomic E-state index is 0.120. The van der Waals surface area contributed by atoms with Crippen LogP contribution in [0.2, 0.25) is 0 Å². The van der Waals surface area contributed by atoms with Crippen LogP contribution in [0, 0.1) is 0 Å². The molecule has 0 aliphatic heterocycles. The highest BCUT2D eigenvalue weighted by Gasteiger charge is 2.10. The maximum atomic E-state index is 11.2. The van der Waals surface area contributed by atoms with Crippen molar-refractivity contribution in [2.45, 2.75) is 12.3 Å². The smallest absolute Gasteiger partial charge is 0.335 e. The van der Waals surface area contributed by atoms with Crippen molar-refractivity contribution in [1.29, 1.82) is 0 Å². The molecule has 0 aliphatic carbocycles. The summed E-state index contributed by atoms with van der Waals surface area (Å²) in [7, 11) is 0. The van der Waals surface area contributed by atoms with Crippen LogP contribution < -0.4 is 5.32 Å². The molecule has 0 fully saturated rings. The second-order valence-electron chi connectivity index (χ2n) is 2.99. The molecule has 1 aromatic carbocycles. The Balaban J connectivity index is 2.83. The Hall–Kier alpha value is -1.55. The second-order valence-corrected chi connectivity index (χ2v) is 3.65. The Kier molecular flexibility index (Phi) is 3.68. The first-order valence-electron chi connectivity index (χ1n) is 4.29. The number of nitrogens with one attached hydrogen (secondary N) is 1. The van der Waals surface area contributed by atoms with Crippen molar-refractivity contribution in [3.63, 3.8) is 0 Å². The standard InChI is InChI=1S/C10H10ClNO3/c1-6(11)9(13)12-8-4-2-3-7(5-8)10(14)15/h2-6H,1H3,(H,12,13)(H,14,15)/t6-/m0/s1. The van der Waals surface area contributed by atoms with Gasteiger partial charge in [-0.1, -0.05) is 6.07 Å². The lowest BCUT2D eigenvalue weighted by molar-refractivity contribution is -0.115. The predicted molar refractivity (Wildman–Crippen MR) is 57.3 cm³/mol. The minimum Gasteiger partial charge on any atom is -0.478 e. The molecule has 0 radical (unpaired) electrons. The Morgan fingerprint density at radius 1 is 1.47 bits per heavy atom. The summed E-state index contributed by atoms with van der Waals surface area (Å²) < 4.78 is 0. The number of carboxylic acids is 1. The van der Waals surface area contributed by atoms with E-state index < -0.39 is 11.3 Å². The summed E-state index contributed by atoms with van der Waals surface area (Å²) in [6.45, 7) is 1.54. The maximum absolute atomic E-state index is 11.2. The zero-order chi connectivity index (χ0) is 11.4. The largest absolute Gasteiger partial charge is 0.478 e. The fourth-order valence-electron chi connectivity index (χ4n) is 0.972. The lowest BCUT2D eigenvalue weighted by atomic mass is 10.2. The van der Waals surface area contributed by atoms with Crippen molar-refractivity contribution in [2.75, 3.05) is 5.32 Å². The quantitative estimate of drug-likeness (QED) is 0.776. The van der Waals surface area contributed by atoms with Gasteiger partial charge in [0.1, 0.15) is 5.38 Å². The molecule has 1 aromatic rings. The zero-order valence-corrected chi connectivity index (χ0v) is 8.78. The predicted octanol–water partition coefficient (Wildman–Crippen LogP) is 1.95. The molecular formula is C10H10ClNO3. The first-order valence-corrected chi connectivity index (χ1v) is 4.72. The number of halogens is 1. The Morgan fingerprint density at radius 2 is 2.13 bits per heavy atom. The van der Waals surface area contributed by atoms with E-state index in [1.165, 1.54) is 19.1 Å². The van der Waals surface area contributed by atoms with Gasteiger partial charge >= 0.3 is 5.97 Å². The summed E-state index contributed by atoms with van der Waals surface area (Å²) in [5.41, 5.74) is 0.544. The van der Waals surface area contributed by atoms with E-state index in [0.717, 1.165) is 0 Å². The van der Waals surface area contributed by atoms with Crippen LogP contribution in [0.15, 0.2) is 24.3 Å². The molecule has 15 heavy (non-hydrogen) atoms. The number of amides is 1. The summed E-state index contributed by atoms with van der Waals surface area (Å²) in [6.07, 6.45) is 0. The molecule has 0 saturated carbocycles. The van der Waals surface area contributed by atoms with E-state index in [1.807, 2.05) is 0 Å². The summed E-state index contributed by atoms with van der Waals surface area (Å²) >= 11 is 5.55. The molecule has 80 valence electrons. The molecule has 1 atom stereocenters. The highest BCUT2D eigenvalue weighted by molar-refractivity contribution is 6.32. The summed E-state index contributed by atoms with van der Waals surface area (Å²) in [6, 6.07) is 5.98. The molecule has 1 amide bonds. The van der Waals surface area contributed by atoms with Gasteiger partial charge in [-0.15, -0.1) is 11.6 Å². The first-order chi connectivity index (χ1) is 7.00. The van der Waals surface area contributed by atoms with Gasteiger partial charge < -0.3 is 10.4 Å². The van der Waals surface area contributed by atoms with E-state index in [9.17, 15) is 9.59 Å². The summed E-state index contributed by atoms with van der Waals surface area (Å²) in [5, 5.41) is 10.6. The number of carboxylic acid groups (broad SMARTS) is 1. The van der Waals surface area contributed by atoms with Crippen LogP contribution in [-0.2, 0) is 4.79 Å². The Bertz CT molecular complexity index is 390. The molecule has 1 rings (SSSR count). The van der Waals surface area contributed by atoms with Crippen LogP contribution in [0.1, 0.15) is 17.3 Å². The lowest BCUT2D eigenvalue weighted by Crippen LogP contribution is -2.20. The molecule has 4 nitrogen and oxygen atoms in total. The van der Waals surface area contributed by atoms with E-state index in [1.54, 1.807) is 12.1 Å². The van der Waals surface area contributed by atoms with Crippen molar-refractivity contribution in [2.24, 2.45) is 0 Å². The van der Waals surface area contributed by atoms with Gasteiger partial charge in [0.05, 0.1) is 5.56 Å². The number of rotatable bonds is 3. The molecule has 0 spiro atoms. The number of carbonyl (C=O) groups is 2. The van der Waals surface area contributed by atoms with Crippen LogP contribution in [0.25, 0.3) is 0 Å². The number of aromatic carboxylic acids is 1. The number of alkyl halides is 1. The van der Waals surface area contributed by atoms with Crippen LogP contribution >= 0.6 is 11.6 Å². The normalized spacial score (nSPS) is 11.9. The molecule has 0 aliphatic rings. The molecule has 0 saturated heterocycles. The average Bonchev–Trinajstić information content (AvgIpc) is 2.18. The Morgan fingerprint density at radius 3 is 2.67 bits per heavy atom. The van der Waals surface area contributed by atoms with E-state index in [4.69, 9.17) is 16.7 Å². The summed E-state index contributed by atoms with van der Waals surface area (Å²) in [4.78, 5) is 21.8. The van der Waals surface area contributed by atoms with Gasteiger partial charge in [0.25, 0.3) is 0 Å². The number of benzene rings is 1. The van der Waals surface area contributed by atoms with Gasteiger partial charge in [0.2, 0.25) is 5.91 Å². The maximum Gasteiger partial charge on any atom is 0.335 e. The van der Waals surface area contributed by atoms with Crippen molar-refractivity contribution < 1.29 is 14.7 Å². The highest BCUT2D eigenvalue weighted by atomic mass is 35.5. The fourth-order valence-corrected chi connectivity index (χ4v) is 1.03. The third kappa shape index (κ3) is 3.25. The topological polar surface area (TPSA) is 66.4 Å². The molecule has 5 heteroatoms. The number of carbonyl (C=O) groups excluding carboxylic acids is 1.